The molecule has 0 aliphatic carbocycles. The molecule has 33 heavy (non-hydrogen) atoms. The van der Waals surface area contributed by atoms with Gasteiger partial charge in [0.2, 0.25) is 5.91 Å². The van der Waals surface area contributed by atoms with Gasteiger partial charge in [0.25, 0.3) is 5.91 Å². The van der Waals surface area contributed by atoms with Crippen molar-refractivity contribution in [3.8, 4) is 5.75 Å². The average molecular weight is 452 g/mol. The zero-order valence-corrected chi connectivity index (χ0v) is 19.5. The summed E-state index contributed by atoms with van der Waals surface area (Å²) in [6.45, 7) is 5.78. The Bertz CT molecular complexity index is 1020. The number of piperidine rings is 1. The zero-order chi connectivity index (χ0) is 23.3. The number of fused-ring (bicyclic) bond motifs is 1. The third-order valence-corrected chi connectivity index (χ3v) is 6.86. The maximum atomic E-state index is 13.2. The van der Waals surface area contributed by atoms with Gasteiger partial charge in [-0.3, -0.25) is 19.2 Å². The number of amides is 2. The number of allylic oxidation sites excluding steroid dienone is 1. The summed E-state index contributed by atoms with van der Waals surface area (Å²) in [7, 11) is 1.96. The lowest BCUT2D eigenvalue weighted by Crippen LogP contribution is -2.49. The van der Waals surface area contributed by atoms with Crippen molar-refractivity contribution in [2.75, 3.05) is 32.8 Å². The lowest BCUT2D eigenvalue weighted by Gasteiger charge is -2.40. The number of carbonyl (C=O) groups is 2. The van der Waals surface area contributed by atoms with E-state index in [9.17, 15) is 9.59 Å². The van der Waals surface area contributed by atoms with E-state index < -0.39 is 5.41 Å². The lowest BCUT2D eigenvalue weighted by molar-refractivity contribution is -0.133. The van der Waals surface area contributed by atoms with Crippen molar-refractivity contribution in [3.05, 3.63) is 59.4 Å². The third kappa shape index (κ3) is 5.27. The number of benzene rings is 1. The Kier molecular flexibility index (Phi) is 7.13. The second-order valence-electron chi connectivity index (χ2n) is 8.93. The molecule has 3 heterocycles. The monoisotopic (exact) mass is 451 g/mol. The van der Waals surface area contributed by atoms with Crippen molar-refractivity contribution < 1.29 is 14.3 Å². The van der Waals surface area contributed by atoms with Crippen molar-refractivity contribution in [2.45, 2.75) is 32.7 Å². The Morgan fingerprint density at radius 3 is 2.61 bits per heavy atom. The molecule has 2 aromatic rings. The van der Waals surface area contributed by atoms with E-state index in [1.165, 1.54) is 11.3 Å². The van der Waals surface area contributed by atoms with Crippen LogP contribution >= 0.6 is 0 Å². The van der Waals surface area contributed by atoms with Crippen molar-refractivity contribution in [2.24, 2.45) is 12.5 Å². The van der Waals surface area contributed by atoms with E-state index >= 15 is 0 Å². The molecule has 176 valence electrons. The van der Waals surface area contributed by atoms with E-state index in [4.69, 9.17) is 4.74 Å². The summed E-state index contributed by atoms with van der Waals surface area (Å²) in [6, 6.07) is 7.22. The maximum Gasteiger partial charge on any atom is 0.255 e. The summed E-state index contributed by atoms with van der Waals surface area (Å²) in [6.07, 6.45) is 8.19. The fourth-order valence-corrected chi connectivity index (χ4v) is 4.53. The van der Waals surface area contributed by atoms with E-state index in [0.29, 0.717) is 37.4 Å². The van der Waals surface area contributed by atoms with E-state index in [0.717, 1.165) is 32.5 Å². The van der Waals surface area contributed by atoms with Crippen LogP contribution in [0.1, 0.15) is 40.9 Å². The van der Waals surface area contributed by atoms with Gasteiger partial charge in [0.05, 0.1) is 17.2 Å². The molecule has 1 spiro atoms. The Labute approximate surface area is 195 Å². The molecule has 1 aromatic carbocycles. The van der Waals surface area contributed by atoms with Crippen LogP contribution in [0.3, 0.4) is 0 Å². The Morgan fingerprint density at radius 1 is 1.09 bits per heavy atom. The fourth-order valence-electron chi connectivity index (χ4n) is 4.53. The first-order chi connectivity index (χ1) is 16.0. The number of hydrogen-bond donors (Lipinski definition) is 2. The molecule has 1 fully saturated rings. The first kappa shape index (κ1) is 23.0. The number of ether oxygens (including phenoxy) is 1. The van der Waals surface area contributed by atoms with Crippen LogP contribution in [0.2, 0.25) is 0 Å². The highest BCUT2D eigenvalue weighted by Gasteiger charge is 2.40. The molecule has 8 heteroatoms. The van der Waals surface area contributed by atoms with Gasteiger partial charge in [-0.05, 0) is 51.4 Å². The van der Waals surface area contributed by atoms with Gasteiger partial charge in [-0.1, -0.05) is 24.3 Å². The maximum absolute atomic E-state index is 13.2. The first-order valence-electron chi connectivity index (χ1n) is 11.6. The second kappa shape index (κ2) is 10.2. The number of rotatable bonds is 2. The van der Waals surface area contributed by atoms with E-state index in [2.05, 4.69) is 33.6 Å². The van der Waals surface area contributed by atoms with Crippen molar-refractivity contribution >= 4 is 11.8 Å². The summed E-state index contributed by atoms with van der Waals surface area (Å²) in [5.74, 6) is 0.432. The van der Waals surface area contributed by atoms with Crippen LogP contribution in [0.5, 0.6) is 5.75 Å². The van der Waals surface area contributed by atoms with Crippen LogP contribution in [0.4, 0.5) is 0 Å². The molecular weight excluding hydrogens is 418 g/mol. The lowest BCUT2D eigenvalue weighted by atomic mass is 9.74. The minimum absolute atomic E-state index is 0.0667. The van der Waals surface area contributed by atoms with Gasteiger partial charge in [-0.15, -0.1) is 0 Å². The number of hydrogen-bond acceptors (Lipinski definition) is 5. The molecular formula is C25H33N5O3. The molecule has 2 aliphatic heterocycles. The Balaban J connectivity index is 1.43. The zero-order valence-electron chi connectivity index (χ0n) is 19.5. The largest absolute Gasteiger partial charge is 0.489 e. The first-order valence-corrected chi connectivity index (χ1v) is 11.6. The van der Waals surface area contributed by atoms with Crippen LogP contribution in [0, 0.1) is 12.3 Å². The number of aromatic nitrogens is 2. The number of para-hydroxylation sites is 1. The quantitative estimate of drug-likeness (QED) is 0.684. The Morgan fingerprint density at radius 2 is 1.85 bits per heavy atom. The number of likely N-dealkylation sites (tertiary alicyclic amines) is 1. The predicted molar refractivity (Wildman–Crippen MR) is 126 cm³/mol. The molecule has 4 rings (SSSR count). The number of nitrogens with one attached hydrogen (secondary N) is 2. The van der Waals surface area contributed by atoms with E-state index in [-0.39, 0.29) is 11.8 Å². The SMILES string of the molecule is Cc1c(CN2CCC3(C/C=C/COc4ccccc4C(=O)NCCNC3=O)CC2)cnn1C. The number of aryl methyl sites for hydroxylation is 1. The van der Waals surface area contributed by atoms with Gasteiger partial charge < -0.3 is 15.4 Å². The molecule has 1 saturated heterocycles. The summed E-state index contributed by atoms with van der Waals surface area (Å²) in [5, 5.41) is 10.3. The highest BCUT2D eigenvalue weighted by Crippen LogP contribution is 2.36. The molecule has 2 N–H and O–H groups in total. The van der Waals surface area contributed by atoms with Gasteiger partial charge >= 0.3 is 0 Å². The minimum Gasteiger partial charge on any atom is -0.489 e. The number of nitrogens with zero attached hydrogens (tertiary/aromatic N) is 3. The van der Waals surface area contributed by atoms with Crippen LogP contribution < -0.4 is 15.4 Å². The molecule has 1 aromatic heterocycles. The average Bonchev–Trinajstić information content (AvgIpc) is 3.14. The molecule has 0 unspecified atom stereocenters. The minimum atomic E-state index is -0.441. The predicted octanol–water partition coefficient (Wildman–Crippen LogP) is 2.20. The van der Waals surface area contributed by atoms with Crippen molar-refractivity contribution in [1.29, 1.82) is 0 Å². The second-order valence-corrected chi connectivity index (χ2v) is 8.93. The van der Waals surface area contributed by atoms with Crippen molar-refractivity contribution in [1.82, 2.24) is 25.3 Å². The summed E-state index contributed by atoms with van der Waals surface area (Å²) in [5.41, 5.74) is 2.47. The molecule has 0 bridgehead atoms. The van der Waals surface area contributed by atoms with E-state index in [1.807, 2.05) is 36.1 Å². The van der Waals surface area contributed by atoms with Gasteiger partial charge in [0.1, 0.15) is 12.4 Å². The van der Waals surface area contributed by atoms with Gasteiger partial charge in [-0.25, -0.2) is 0 Å². The highest BCUT2D eigenvalue weighted by atomic mass is 16.5. The van der Waals surface area contributed by atoms with Gasteiger partial charge in [0.15, 0.2) is 0 Å². The van der Waals surface area contributed by atoms with Crippen LogP contribution in [0.25, 0.3) is 0 Å². The standard InChI is InChI=1S/C25H33N5O3/c1-19-20(17-28-29(19)2)18-30-14-10-25(11-15-30)9-5-6-16-33-22-8-4-3-7-21(22)23(31)26-12-13-27-24(25)32/h3-8,17H,9-16,18H2,1-2H3,(H,26,31)(H,27,32)/b6-5+. The fraction of sp³-hybridized carbons (Fsp3) is 0.480. The molecule has 8 nitrogen and oxygen atoms in total. The third-order valence-electron chi connectivity index (χ3n) is 6.86. The van der Waals surface area contributed by atoms with Gasteiger partial charge in [-0.2, -0.15) is 5.10 Å². The van der Waals surface area contributed by atoms with Crippen molar-refractivity contribution in [3.63, 3.8) is 0 Å². The number of carbonyl (C=O) groups excluding carboxylic acids is 2. The normalized spacial score (nSPS) is 20.8. The smallest absolute Gasteiger partial charge is 0.255 e. The molecule has 0 radical (unpaired) electrons. The van der Waals surface area contributed by atoms with Crippen LogP contribution in [0.15, 0.2) is 42.6 Å². The molecule has 2 amide bonds. The van der Waals surface area contributed by atoms with Crippen LogP contribution in [-0.2, 0) is 18.4 Å². The van der Waals surface area contributed by atoms with E-state index in [1.54, 1.807) is 12.1 Å². The summed E-state index contributed by atoms with van der Waals surface area (Å²) in [4.78, 5) is 28.2. The van der Waals surface area contributed by atoms with Crippen LogP contribution in [-0.4, -0.2) is 59.3 Å². The highest BCUT2D eigenvalue weighted by molar-refractivity contribution is 5.96. The topological polar surface area (TPSA) is 88.5 Å². The molecule has 2 aliphatic rings. The Hall–Kier alpha value is -3.13. The summed E-state index contributed by atoms with van der Waals surface area (Å²) < 4.78 is 7.74. The molecule has 0 atom stereocenters. The molecule has 0 saturated carbocycles. The summed E-state index contributed by atoms with van der Waals surface area (Å²) >= 11 is 0. The van der Waals surface area contributed by atoms with Gasteiger partial charge in [0, 0.05) is 37.9 Å².